The molecule has 6 nitrogen and oxygen atoms in total. The van der Waals surface area contributed by atoms with Crippen LogP contribution in [0, 0.1) is 13.8 Å². The van der Waals surface area contributed by atoms with Crippen LogP contribution in [0.4, 0.5) is 0 Å². The fraction of sp³-hybridized carbons (Fsp3) is 0.583. The second-order valence-corrected chi connectivity index (χ2v) is 4.81. The second-order valence-electron chi connectivity index (χ2n) is 4.81. The average Bonchev–Trinajstić information content (AvgIpc) is 2.90. The highest BCUT2D eigenvalue weighted by Crippen LogP contribution is 2.13. The average molecular weight is 247 g/mol. The summed E-state index contributed by atoms with van der Waals surface area (Å²) in [7, 11) is 0. The molecular formula is C12H17N5O. The molecule has 1 aliphatic rings. The van der Waals surface area contributed by atoms with E-state index in [0.29, 0.717) is 12.6 Å². The summed E-state index contributed by atoms with van der Waals surface area (Å²) < 4.78 is 7.18. The van der Waals surface area contributed by atoms with E-state index < -0.39 is 0 Å². The molecule has 1 N–H and O–H groups in total. The zero-order chi connectivity index (χ0) is 12.5. The van der Waals surface area contributed by atoms with E-state index in [2.05, 4.69) is 20.6 Å². The Hall–Kier alpha value is -1.69. The fourth-order valence-corrected chi connectivity index (χ4v) is 2.34. The molecule has 2 aromatic rings. The van der Waals surface area contributed by atoms with E-state index in [0.717, 1.165) is 42.5 Å². The summed E-state index contributed by atoms with van der Waals surface area (Å²) in [6.45, 7) is 5.46. The van der Waals surface area contributed by atoms with Crippen molar-refractivity contribution in [2.24, 2.45) is 0 Å². The molecule has 0 saturated carbocycles. The fourth-order valence-electron chi connectivity index (χ4n) is 2.34. The highest BCUT2D eigenvalue weighted by Gasteiger charge is 2.20. The van der Waals surface area contributed by atoms with Crippen LogP contribution in [0.15, 0.2) is 10.6 Å². The largest absolute Gasteiger partial charge is 0.360 e. The molecule has 0 aromatic carbocycles. The number of aryl methyl sites for hydroxylation is 3. The van der Waals surface area contributed by atoms with Crippen LogP contribution >= 0.6 is 0 Å². The molecule has 0 amide bonds. The van der Waals surface area contributed by atoms with Crippen molar-refractivity contribution in [2.75, 3.05) is 0 Å². The van der Waals surface area contributed by atoms with E-state index in [1.54, 1.807) is 0 Å². The smallest absolute Gasteiger partial charge is 0.150 e. The van der Waals surface area contributed by atoms with Crippen molar-refractivity contribution in [3.8, 4) is 0 Å². The van der Waals surface area contributed by atoms with Crippen molar-refractivity contribution in [3.05, 3.63) is 29.2 Å². The normalized spacial score (nSPS) is 18.9. The van der Waals surface area contributed by atoms with Crippen LogP contribution in [0.1, 0.15) is 29.5 Å². The molecule has 6 heteroatoms. The minimum atomic E-state index is 0.420. The summed E-state index contributed by atoms with van der Waals surface area (Å²) in [5.74, 6) is 2.84. The van der Waals surface area contributed by atoms with Crippen molar-refractivity contribution in [2.45, 2.75) is 45.8 Å². The summed E-state index contributed by atoms with van der Waals surface area (Å²) in [5, 5.41) is 11.7. The molecule has 1 atom stereocenters. The van der Waals surface area contributed by atoms with Crippen LogP contribution in [0.25, 0.3) is 0 Å². The van der Waals surface area contributed by atoms with Crippen LogP contribution in [0.3, 0.4) is 0 Å². The maximum absolute atomic E-state index is 5.18. The molecule has 3 rings (SSSR count). The van der Waals surface area contributed by atoms with Gasteiger partial charge in [0.05, 0.1) is 18.8 Å². The van der Waals surface area contributed by atoms with Crippen molar-refractivity contribution >= 4 is 0 Å². The van der Waals surface area contributed by atoms with Gasteiger partial charge in [0.15, 0.2) is 5.76 Å². The van der Waals surface area contributed by atoms with Crippen molar-refractivity contribution in [3.63, 3.8) is 0 Å². The van der Waals surface area contributed by atoms with Crippen LogP contribution in [0.2, 0.25) is 0 Å². The highest BCUT2D eigenvalue weighted by molar-refractivity contribution is 5.03. The zero-order valence-corrected chi connectivity index (χ0v) is 10.7. The molecule has 18 heavy (non-hydrogen) atoms. The number of nitrogens with zero attached hydrogens (tertiary/aromatic N) is 4. The maximum Gasteiger partial charge on any atom is 0.150 e. The SMILES string of the molecule is Cc1cc(CN[C@@H]2CCc3nc(C)nn3C2)on1. The predicted molar refractivity (Wildman–Crippen MR) is 64.9 cm³/mol. The number of hydrogen-bond acceptors (Lipinski definition) is 5. The topological polar surface area (TPSA) is 68.8 Å². The number of fused-ring (bicyclic) bond motifs is 1. The van der Waals surface area contributed by atoms with Gasteiger partial charge >= 0.3 is 0 Å². The first-order valence-corrected chi connectivity index (χ1v) is 6.26. The quantitative estimate of drug-likeness (QED) is 0.876. The molecule has 0 fully saturated rings. The number of aromatic nitrogens is 4. The van der Waals surface area contributed by atoms with Crippen LogP contribution in [-0.4, -0.2) is 26.0 Å². The third kappa shape index (κ3) is 2.28. The molecular weight excluding hydrogens is 230 g/mol. The summed E-state index contributed by atoms with van der Waals surface area (Å²) >= 11 is 0. The van der Waals surface area contributed by atoms with E-state index >= 15 is 0 Å². The summed E-state index contributed by atoms with van der Waals surface area (Å²) in [4.78, 5) is 4.40. The molecule has 1 aliphatic heterocycles. The minimum absolute atomic E-state index is 0.420. The van der Waals surface area contributed by atoms with Gasteiger partial charge < -0.3 is 9.84 Å². The third-order valence-corrected chi connectivity index (χ3v) is 3.21. The lowest BCUT2D eigenvalue weighted by Gasteiger charge is -2.23. The van der Waals surface area contributed by atoms with E-state index in [1.807, 2.05) is 24.6 Å². The molecule has 0 spiro atoms. The van der Waals surface area contributed by atoms with Gasteiger partial charge in [-0.2, -0.15) is 5.10 Å². The van der Waals surface area contributed by atoms with Gasteiger partial charge in [-0.3, -0.25) is 0 Å². The van der Waals surface area contributed by atoms with Gasteiger partial charge in [0, 0.05) is 18.5 Å². The molecule has 0 unspecified atom stereocenters. The molecule has 0 bridgehead atoms. The van der Waals surface area contributed by atoms with E-state index in [1.165, 1.54) is 0 Å². The Kier molecular flexibility index (Phi) is 2.87. The lowest BCUT2D eigenvalue weighted by atomic mass is 10.1. The van der Waals surface area contributed by atoms with E-state index in [-0.39, 0.29) is 0 Å². The minimum Gasteiger partial charge on any atom is -0.360 e. The van der Waals surface area contributed by atoms with Gasteiger partial charge in [-0.25, -0.2) is 9.67 Å². The Morgan fingerprint density at radius 3 is 3.17 bits per heavy atom. The number of rotatable bonds is 3. The molecule has 2 aromatic heterocycles. The first-order chi connectivity index (χ1) is 8.70. The zero-order valence-electron chi connectivity index (χ0n) is 10.7. The van der Waals surface area contributed by atoms with Gasteiger partial charge in [-0.15, -0.1) is 0 Å². The first-order valence-electron chi connectivity index (χ1n) is 6.26. The summed E-state index contributed by atoms with van der Waals surface area (Å²) in [6, 6.07) is 2.38. The van der Waals surface area contributed by atoms with Crippen LogP contribution in [0.5, 0.6) is 0 Å². The van der Waals surface area contributed by atoms with Crippen molar-refractivity contribution < 1.29 is 4.52 Å². The highest BCUT2D eigenvalue weighted by atomic mass is 16.5. The van der Waals surface area contributed by atoms with Crippen molar-refractivity contribution in [1.29, 1.82) is 0 Å². The first kappa shape index (κ1) is 11.4. The second kappa shape index (κ2) is 4.53. The Morgan fingerprint density at radius 1 is 1.50 bits per heavy atom. The number of nitrogens with one attached hydrogen (secondary N) is 1. The van der Waals surface area contributed by atoms with Gasteiger partial charge in [0.2, 0.25) is 0 Å². The lowest BCUT2D eigenvalue weighted by molar-refractivity contribution is 0.323. The lowest BCUT2D eigenvalue weighted by Crippen LogP contribution is -2.37. The molecule has 3 heterocycles. The van der Waals surface area contributed by atoms with Crippen molar-refractivity contribution in [1.82, 2.24) is 25.2 Å². The standard InChI is InChI=1S/C12H17N5O/c1-8-5-11(18-16-8)6-13-10-3-4-12-14-9(2)15-17(12)7-10/h5,10,13H,3-4,6-7H2,1-2H3/t10-/m1/s1. The summed E-state index contributed by atoms with van der Waals surface area (Å²) in [6.07, 6.45) is 2.07. The Morgan fingerprint density at radius 2 is 2.39 bits per heavy atom. The Bertz CT molecular complexity index is 544. The molecule has 0 saturated heterocycles. The molecule has 0 radical (unpaired) electrons. The van der Waals surface area contributed by atoms with E-state index in [9.17, 15) is 0 Å². The monoisotopic (exact) mass is 247 g/mol. The van der Waals surface area contributed by atoms with Gasteiger partial charge in [0.25, 0.3) is 0 Å². The van der Waals surface area contributed by atoms with Gasteiger partial charge in [-0.1, -0.05) is 5.16 Å². The van der Waals surface area contributed by atoms with Crippen LogP contribution in [-0.2, 0) is 19.5 Å². The Labute approximate surface area is 105 Å². The van der Waals surface area contributed by atoms with Gasteiger partial charge in [-0.05, 0) is 20.3 Å². The molecule has 0 aliphatic carbocycles. The maximum atomic E-state index is 5.18. The van der Waals surface area contributed by atoms with E-state index in [4.69, 9.17) is 4.52 Å². The summed E-state index contributed by atoms with van der Waals surface area (Å²) in [5.41, 5.74) is 0.921. The molecule has 96 valence electrons. The van der Waals surface area contributed by atoms with Crippen LogP contribution < -0.4 is 5.32 Å². The Balaban J connectivity index is 1.59. The number of hydrogen-bond donors (Lipinski definition) is 1. The third-order valence-electron chi connectivity index (χ3n) is 3.21. The van der Waals surface area contributed by atoms with Gasteiger partial charge in [0.1, 0.15) is 11.6 Å². The predicted octanol–water partition coefficient (Wildman–Crippen LogP) is 0.988.